The fraction of sp³-hybridized carbons (Fsp3) is 0.292. The number of methoxy groups -OCH3 is 1. The zero-order valence-electron chi connectivity index (χ0n) is 18.3. The monoisotopic (exact) mass is 452 g/mol. The number of nitrogens with one attached hydrogen (secondary N) is 1. The van der Waals surface area contributed by atoms with Gasteiger partial charge in [-0.2, -0.15) is 10.4 Å². The van der Waals surface area contributed by atoms with Crippen LogP contribution < -0.4 is 4.74 Å². The first-order valence-corrected chi connectivity index (χ1v) is 10.3. The van der Waals surface area contributed by atoms with Gasteiger partial charge in [0.15, 0.2) is 11.6 Å². The molecule has 4 aromatic rings. The molecule has 0 saturated heterocycles. The van der Waals surface area contributed by atoms with E-state index >= 15 is 4.39 Å². The molecule has 0 unspecified atom stereocenters. The SMILES string of the molecule is COc1cc(-n2c(C(C)(C)CC#N)c([C@@H](F)CC(=O)O)c3cc4[nH]ncc4cc32)ccc1F. The minimum absolute atomic E-state index is 0.00617. The van der Waals surface area contributed by atoms with Crippen molar-refractivity contribution < 1.29 is 23.4 Å². The maximum Gasteiger partial charge on any atom is 0.306 e. The molecule has 2 aromatic carbocycles. The number of ether oxygens (including phenoxy) is 1. The summed E-state index contributed by atoms with van der Waals surface area (Å²) in [7, 11) is 1.35. The summed E-state index contributed by atoms with van der Waals surface area (Å²) in [5.41, 5.74) is 1.51. The van der Waals surface area contributed by atoms with Crippen molar-refractivity contribution in [3.05, 3.63) is 53.6 Å². The largest absolute Gasteiger partial charge is 0.494 e. The highest BCUT2D eigenvalue weighted by atomic mass is 19.1. The van der Waals surface area contributed by atoms with Crippen LogP contribution in [0.5, 0.6) is 5.75 Å². The minimum Gasteiger partial charge on any atom is -0.494 e. The molecule has 0 bridgehead atoms. The van der Waals surface area contributed by atoms with Gasteiger partial charge in [-0.1, -0.05) is 13.8 Å². The van der Waals surface area contributed by atoms with Gasteiger partial charge in [-0.05, 0) is 24.3 Å². The van der Waals surface area contributed by atoms with Crippen LogP contribution >= 0.6 is 0 Å². The van der Waals surface area contributed by atoms with Crippen molar-refractivity contribution in [1.29, 1.82) is 5.26 Å². The molecule has 0 aliphatic rings. The third kappa shape index (κ3) is 3.78. The van der Waals surface area contributed by atoms with E-state index in [1.54, 1.807) is 30.7 Å². The van der Waals surface area contributed by atoms with E-state index in [-0.39, 0.29) is 17.7 Å². The number of halogens is 2. The first kappa shape index (κ1) is 22.3. The van der Waals surface area contributed by atoms with E-state index in [1.807, 2.05) is 6.07 Å². The summed E-state index contributed by atoms with van der Waals surface area (Å²) in [6.07, 6.45) is -0.889. The summed E-state index contributed by atoms with van der Waals surface area (Å²) in [4.78, 5) is 11.4. The lowest BCUT2D eigenvalue weighted by atomic mass is 9.82. The number of aromatic nitrogens is 3. The summed E-state index contributed by atoms with van der Waals surface area (Å²) in [5.74, 6) is -1.83. The number of nitrogens with zero attached hydrogens (tertiary/aromatic N) is 3. The molecule has 0 spiro atoms. The van der Waals surface area contributed by atoms with Crippen LogP contribution in [-0.4, -0.2) is 33.0 Å². The fourth-order valence-corrected chi connectivity index (χ4v) is 4.33. The summed E-state index contributed by atoms with van der Waals surface area (Å²) in [6.45, 7) is 3.60. The third-order valence-corrected chi connectivity index (χ3v) is 5.79. The van der Waals surface area contributed by atoms with Crippen molar-refractivity contribution in [1.82, 2.24) is 14.8 Å². The molecule has 9 heteroatoms. The number of aromatic amines is 1. The van der Waals surface area contributed by atoms with Crippen LogP contribution in [0.4, 0.5) is 8.78 Å². The quantitative estimate of drug-likeness (QED) is 0.394. The van der Waals surface area contributed by atoms with E-state index in [0.717, 1.165) is 5.39 Å². The Morgan fingerprint density at radius 2 is 2.12 bits per heavy atom. The van der Waals surface area contributed by atoms with Crippen molar-refractivity contribution in [2.45, 2.75) is 38.3 Å². The molecule has 0 radical (unpaired) electrons. The van der Waals surface area contributed by atoms with Crippen molar-refractivity contribution in [3.63, 3.8) is 0 Å². The van der Waals surface area contributed by atoms with Crippen LogP contribution in [0.15, 0.2) is 36.5 Å². The molecule has 0 saturated carbocycles. The number of carbonyl (C=O) groups is 1. The lowest BCUT2D eigenvalue weighted by Crippen LogP contribution is -2.23. The zero-order chi connectivity index (χ0) is 23.9. The number of H-pyrrole nitrogens is 1. The van der Waals surface area contributed by atoms with Gasteiger partial charge >= 0.3 is 5.97 Å². The second-order valence-electron chi connectivity index (χ2n) is 8.53. The van der Waals surface area contributed by atoms with Gasteiger partial charge in [0.2, 0.25) is 0 Å². The average Bonchev–Trinajstić information content (AvgIpc) is 3.34. The van der Waals surface area contributed by atoms with Gasteiger partial charge in [0.25, 0.3) is 0 Å². The number of benzene rings is 2. The lowest BCUT2D eigenvalue weighted by molar-refractivity contribution is -0.138. The number of hydrogen-bond donors (Lipinski definition) is 2. The molecule has 0 fully saturated rings. The molecule has 2 aromatic heterocycles. The number of nitriles is 1. The molecule has 0 amide bonds. The predicted molar refractivity (Wildman–Crippen MR) is 119 cm³/mol. The summed E-state index contributed by atoms with van der Waals surface area (Å²) < 4.78 is 36.7. The highest BCUT2D eigenvalue weighted by molar-refractivity contribution is 5.99. The number of alkyl halides is 1. The van der Waals surface area contributed by atoms with Crippen molar-refractivity contribution in [3.8, 4) is 17.5 Å². The molecular formula is C24H22F2N4O3. The highest BCUT2D eigenvalue weighted by Gasteiger charge is 2.35. The summed E-state index contributed by atoms with van der Waals surface area (Å²) in [6, 6.07) is 9.97. The van der Waals surface area contributed by atoms with Crippen LogP contribution in [0.1, 0.15) is 44.1 Å². The number of hydrogen-bond acceptors (Lipinski definition) is 4. The van der Waals surface area contributed by atoms with E-state index in [9.17, 15) is 19.6 Å². The summed E-state index contributed by atoms with van der Waals surface area (Å²) in [5, 5.41) is 26.9. The number of rotatable bonds is 7. The van der Waals surface area contributed by atoms with Gasteiger partial charge < -0.3 is 14.4 Å². The number of fused-ring (bicyclic) bond motifs is 2. The van der Waals surface area contributed by atoms with Gasteiger partial charge in [-0.25, -0.2) is 8.78 Å². The molecule has 0 aliphatic heterocycles. The van der Waals surface area contributed by atoms with Crippen LogP contribution in [0.2, 0.25) is 0 Å². The lowest BCUT2D eigenvalue weighted by Gasteiger charge is -2.27. The topological polar surface area (TPSA) is 104 Å². The molecule has 4 rings (SSSR count). The molecule has 2 N–H and O–H groups in total. The molecule has 7 nitrogen and oxygen atoms in total. The Kier molecular flexibility index (Phi) is 5.54. The van der Waals surface area contributed by atoms with Crippen molar-refractivity contribution >= 4 is 27.8 Å². The standard InChI is InChI=1S/C24H22F2N4O3/c1-24(2,6-7-27)23-22(17(26)11-21(31)32)15-10-18-13(12-28-29-18)8-19(15)30(23)14-4-5-16(25)20(9-14)33-3/h4-5,8-10,12,17H,6,11H2,1-3H3,(H,28,29)(H,31,32)/t17-/m0/s1. The van der Waals surface area contributed by atoms with E-state index in [0.29, 0.717) is 27.8 Å². The molecule has 1 atom stereocenters. The highest BCUT2D eigenvalue weighted by Crippen LogP contribution is 2.44. The van der Waals surface area contributed by atoms with Gasteiger partial charge in [0, 0.05) is 45.6 Å². The second kappa shape index (κ2) is 8.20. The average molecular weight is 452 g/mol. The van der Waals surface area contributed by atoms with Crippen LogP contribution in [0, 0.1) is 17.1 Å². The first-order chi connectivity index (χ1) is 15.7. The van der Waals surface area contributed by atoms with E-state index in [2.05, 4.69) is 16.3 Å². The van der Waals surface area contributed by atoms with Crippen LogP contribution in [0.25, 0.3) is 27.5 Å². The summed E-state index contributed by atoms with van der Waals surface area (Å²) >= 11 is 0. The Labute approximate surface area is 188 Å². The Balaban J connectivity index is 2.18. The third-order valence-electron chi connectivity index (χ3n) is 5.79. The van der Waals surface area contributed by atoms with Gasteiger partial charge in [-0.3, -0.25) is 9.89 Å². The molecular weight excluding hydrogens is 430 g/mol. The molecule has 33 heavy (non-hydrogen) atoms. The number of aliphatic carboxylic acids is 1. The maximum atomic E-state index is 15.6. The van der Waals surface area contributed by atoms with Crippen molar-refractivity contribution in [2.75, 3.05) is 7.11 Å². The smallest absolute Gasteiger partial charge is 0.306 e. The Bertz CT molecular complexity index is 1410. The van der Waals surface area contributed by atoms with E-state index < -0.39 is 29.8 Å². The first-order valence-electron chi connectivity index (χ1n) is 10.3. The minimum atomic E-state index is -1.83. The van der Waals surface area contributed by atoms with Gasteiger partial charge in [0.05, 0.1) is 36.8 Å². The molecule has 2 heterocycles. The predicted octanol–water partition coefficient (Wildman–Crippen LogP) is 5.33. The number of carboxylic acid groups (broad SMARTS) is 1. The van der Waals surface area contributed by atoms with E-state index in [4.69, 9.17) is 4.74 Å². The molecule has 0 aliphatic carbocycles. The Morgan fingerprint density at radius 3 is 2.79 bits per heavy atom. The van der Waals surface area contributed by atoms with Gasteiger partial charge in [0.1, 0.15) is 6.17 Å². The Morgan fingerprint density at radius 1 is 1.36 bits per heavy atom. The zero-order valence-corrected chi connectivity index (χ0v) is 18.3. The van der Waals surface area contributed by atoms with Crippen LogP contribution in [-0.2, 0) is 10.2 Å². The molecule has 170 valence electrons. The fourth-order valence-electron chi connectivity index (χ4n) is 4.33. The second-order valence-corrected chi connectivity index (χ2v) is 8.53. The maximum absolute atomic E-state index is 15.6. The Hall–Kier alpha value is -3.93. The van der Waals surface area contributed by atoms with Gasteiger partial charge in [-0.15, -0.1) is 0 Å². The van der Waals surface area contributed by atoms with Crippen LogP contribution in [0.3, 0.4) is 0 Å². The van der Waals surface area contributed by atoms with Crippen molar-refractivity contribution in [2.24, 2.45) is 0 Å². The van der Waals surface area contributed by atoms with E-state index in [1.165, 1.54) is 25.3 Å². The normalized spacial score (nSPS) is 12.7. The number of carboxylic acids is 1.